The molecule has 0 radical (unpaired) electrons. The molecule has 0 aliphatic carbocycles. The summed E-state index contributed by atoms with van der Waals surface area (Å²) in [7, 11) is 1.48. The number of rotatable bonds is 9. The van der Waals surface area contributed by atoms with E-state index in [0.717, 1.165) is 10.0 Å². The van der Waals surface area contributed by atoms with Crippen LogP contribution in [0.4, 0.5) is 13.2 Å². The normalized spacial score (nSPS) is 11.5. The molecule has 9 heteroatoms. The number of allylic oxidation sites excluding steroid dienone is 1. The highest BCUT2D eigenvalue weighted by Gasteiger charge is 2.28. The number of methoxy groups -OCH3 is 1. The molecule has 0 amide bonds. The average molecular weight is 536 g/mol. The highest BCUT2D eigenvalue weighted by atomic mass is 79.9. The quantitative estimate of drug-likeness (QED) is 0.229. The van der Waals surface area contributed by atoms with E-state index < -0.39 is 12.8 Å². The number of pyridine rings is 1. The first-order chi connectivity index (χ1) is 16.2. The van der Waals surface area contributed by atoms with Crippen LogP contribution >= 0.6 is 15.9 Å². The van der Waals surface area contributed by atoms with Crippen molar-refractivity contribution in [3.8, 4) is 17.2 Å². The number of hydrogen-bond donors (Lipinski definition) is 0. The maximum absolute atomic E-state index is 12.5. The Kier molecular flexibility index (Phi) is 8.33. The maximum Gasteiger partial charge on any atom is 0.422 e. The van der Waals surface area contributed by atoms with Gasteiger partial charge in [0.25, 0.3) is 0 Å². The summed E-state index contributed by atoms with van der Waals surface area (Å²) < 4.78 is 54.3. The van der Waals surface area contributed by atoms with Gasteiger partial charge in [-0.3, -0.25) is 9.78 Å². The van der Waals surface area contributed by atoms with Gasteiger partial charge < -0.3 is 14.2 Å². The molecule has 0 N–H and O–H groups in total. The first-order valence-electron chi connectivity index (χ1n) is 10.1. The summed E-state index contributed by atoms with van der Waals surface area (Å²) in [5, 5.41) is 0. The Balaban J connectivity index is 1.68. The topological polar surface area (TPSA) is 57.7 Å². The van der Waals surface area contributed by atoms with Gasteiger partial charge in [-0.2, -0.15) is 13.2 Å². The van der Waals surface area contributed by atoms with Crippen LogP contribution < -0.4 is 14.2 Å². The summed E-state index contributed by atoms with van der Waals surface area (Å²) in [5.74, 6) is 0.803. The molecule has 3 rings (SSSR count). The second-order valence-corrected chi connectivity index (χ2v) is 8.10. The minimum absolute atomic E-state index is 0.00263. The van der Waals surface area contributed by atoms with Gasteiger partial charge in [0.2, 0.25) is 0 Å². The molecular weight excluding hydrogens is 515 g/mol. The third kappa shape index (κ3) is 7.08. The van der Waals surface area contributed by atoms with Crippen LogP contribution in [0.25, 0.3) is 6.08 Å². The van der Waals surface area contributed by atoms with E-state index in [0.29, 0.717) is 28.3 Å². The molecule has 0 fully saturated rings. The van der Waals surface area contributed by atoms with Crippen molar-refractivity contribution in [2.24, 2.45) is 0 Å². The first kappa shape index (κ1) is 25.3. The van der Waals surface area contributed by atoms with E-state index >= 15 is 0 Å². The van der Waals surface area contributed by atoms with Crippen LogP contribution in [-0.4, -0.2) is 30.7 Å². The number of ketones is 1. The summed E-state index contributed by atoms with van der Waals surface area (Å²) in [5.41, 5.74) is 2.18. The molecule has 3 aromatic rings. The van der Waals surface area contributed by atoms with Crippen molar-refractivity contribution in [1.82, 2.24) is 4.98 Å². The van der Waals surface area contributed by atoms with Crippen molar-refractivity contribution < 1.29 is 32.2 Å². The zero-order valence-electron chi connectivity index (χ0n) is 18.4. The van der Waals surface area contributed by atoms with Gasteiger partial charge in [-0.15, -0.1) is 0 Å². The fourth-order valence-electron chi connectivity index (χ4n) is 2.96. The van der Waals surface area contributed by atoms with Crippen LogP contribution in [-0.2, 0) is 6.61 Å². The number of nitrogens with zero attached hydrogens (tertiary/aromatic N) is 1. The van der Waals surface area contributed by atoms with Crippen molar-refractivity contribution in [2.75, 3.05) is 13.7 Å². The van der Waals surface area contributed by atoms with Gasteiger partial charge in [0.05, 0.1) is 12.8 Å². The summed E-state index contributed by atoms with van der Waals surface area (Å²) in [6.07, 6.45) is 0.0753. The highest BCUT2D eigenvalue weighted by Crippen LogP contribution is 2.30. The Hall–Kier alpha value is -3.33. The second kappa shape index (κ2) is 11.2. The van der Waals surface area contributed by atoms with Crippen LogP contribution in [0.5, 0.6) is 17.2 Å². The Morgan fingerprint density at radius 3 is 2.44 bits per heavy atom. The lowest BCUT2D eigenvalue weighted by molar-refractivity contribution is -0.153. The van der Waals surface area contributed by atoms with E-state index in [-0.39, 0.29) is 18.1 Å². The third-order valence-electron chi connectivity index (χ3n) is 4.76. The fraction of sp³-hybridized carbons (Fsp3) is 0.200. The molecule has 0 aliphatic rings. The zero-order valence-corrected chi connectivity index (χ0v) is 19.9. The largest absolute Gasteiger partial charge is 0.493 e. The molecule has 178 valence electrons. The average Bonchev–Trinajstić information content (AvgIpc) is 2.81. The van der Waals surface area contributed by atoms with Crippen LogP contribution in [0.1, 0.15) is 27.2 Å². The van der Waals surface area contributed by atoms with E-state index in [9.17, 15) is 18.0 Å². The summed E-state index contributed by atoms with van der Waals surface area (Å²) in [4.78, 5) is 16.5. The maximum atomic E-state index is 12.5. The summed E-state index contributed by atoms with van der Waals surface area (Å²) in [6.45, 7) is 0.235. The van der Waals surface area contributed by atoms with Crippen molar-refractivity contribution in [1.29, 1.82) is 0 Å². The Labute approximate surface area is 203 Å². The highest BCUT2D eigenvalue weighted by molar-refractivity contribution is 9.10. The molecule has 0 saturated heterocycles. The monoisotopic (exact) mass is 535 g/mol. The molecule has 1 aromatic heterocycles. The van der Waals surface area contributed by atoms with Gasteiger partial charge in [0.15, 0.2) is 23.9 Å². The lowest BCUT2D eigenvalue weighted by atomic mass is 10.1. The number of carbonyl (C=O) groups excluding carboxylic acids is 1. The van der Waals surface area contributed by atoms with E-state index in [1.807, 2.05) is 0 Å². The lowest BCUT2D eigenvalue weighted by Crippen LogP contribution is -2.20. The van der Waals surface area contributed by atoms with Crippen LogP contribution in [0, 0.1) is 6.92 Å². The molecule has 2 aromatic carbocycles. The van der Waals surface area contributed by atoms with Gasteiger partial charge in [0.1, 0.15) is 12.4 Å². The molecule has 5 nitrogen and oxygen atoms in total. The van der Waals surface area contributed by atoms with Gasteiger partial charge in [-0.25, -0.2) is 0 Å². The summed E-state index contributed by atoms with van der Waals surface area (Å²) in [6, 6.07) is 13.6. The molecule has 0 unspecified atom stereocenters. The number of carbonyl (C=O) groups is 1. The predicted molar refractivity (Wildman–Crippen MR) is 125 cm³/mol. The van der Waals surface area contributed by atoms with Crippen molar-refractivity contribution in [2.45, 2.75) is 19.7 Å². The van der Waals surface area contributed by atoms with Crippen LogP contribution in [0.15, 0.2) is 65.3 Å². The molecule has 0 atom stereocenters. The van der Waals surface area contributed by atoms with E-state index in [2.05, 4.69) is 20.9 Å². The molecule has 0 aliphatic heterocycles. The summed E-state index contributed by atoms with van der Waals surface area (Å²) >= 11 is 3.34. The predicted octanol–water partition coefficient (Wildman–Crippen LogP) is 6.58. The van der Waals surface area contributed by atoms with Crippen molar-refractivity contribution >= 4 is 27.8 Å². The van der Waals surface area contributed by atoms with Crippen molar-refractivity contribution in [3.63, 3.8) is 0 Å². The van der Waals surface area contributed by atoms with Crippen LogP contribution in [0.3, 0.4) is 0 Å². The van der Waals surface area contributed by atoms with Gasteiger partial charge in [0, 0.05) is 21.8 Å². The smallest absolute Gasteiger partial charge is 0.422 e. The fourth-order valence-corrected chi connectivity index (χ4v) is 3.22. The molecule has 0 bridgehead atoms. The van der Waals surface area contributed by atoms with E-state index in [1.54, 1.807) is 55.5 Å². The Morgan fingerprint density at radius 1 is 1.03 bits per heavy atom. The Morgan fingerprint density at radius 2 is 1.76 bits per heavy atom. The SMILES string of the molecule is COc1cc(/C=C/C(=O)c2ccc(Br)cc2)ccc1OCc1nccc(OCC(F)(F)F)c1C. The second-order valence-electron chi connectivity index (χ2n) is 7.19. The number of hydrogen-bond acceptors (Lipinski definition) is 5. The molecule has 0 spiro atoms. The molecular formula is C25H21BrF3NO4. The Bertz CT molecular complexity index is 1180. The van der Waals surface area contributed by atoms with Crippen molar-refractivity contribution in [3.05, 3.63) is 87.7 Å². The number of halogens is 4. The van der Waals surface area contributed by atoms with Gasteiger partial charge in [-0.1, -0.05) is 28.1 Å². The number of aromatic nitrogens is 1. The standard InChI is InChI=1S/C25H21BrF3NO4/c1-16-20(30-12-11-22(16)34-15-25(27,28)29)14-33-23-10-4-17(13-24(23)32-2)3-9-21(31)18-5-7-19(26)8-6-18/h3-13H,14-15H2,1-2H3/b9-3+. The third-order valence-corrected chi connectivity index (χ3v) is 5.29. The number of benzene rings is 2. The van der Waals surface area contributed by atoms with E-state index in [1.165, 1.54) is 25.4 Å². The lowest BCUT2D eigenvalue weighted by Gasteiger charge is -2.15. The zero-order chi connectivity index (χ0) is 24.7. The molecule has 1 heterocycles. The number of alkyl halides is 3. The van der Waals surface area contributed by atoms with Crippen LogP contribution in [0.2, 0.25) is 0 Å². The molecule has 0 saturated carbocycles. The first-order valence-corrected chi connectivity index (χ1v) is 10.9. The minimum atomic E-state index is -4.43. The minimum Gasteiger partial charge on any atom is -0.493 e. The van der Waals surface area contributed by atoms with Gasteiger partial charge >= 0.3 is 6.18 Å². The molecule has 34 heavy (non-hydrogen) atoms. The number of ether oxygens (including phenoxy) is 3. The van der Waals surface area contributed by atoms with Gasteiger partial charge in [-0.05, 0) is 61.0 Å². The van der Waals surface area contributed by atoms with E-state index in [4.69, 9.17) is 14.2 Å².